The number of pyridine rings is 2. The lowest BCUT2D eigenvalue weighted by Crippen LogP contribution is -2.31. The Morgan fingerprint density at radius 2 is 2.03 bits per heavy atom. The molecule has 36 heavy (non-hydrogen) atoms. The number of likely N-dealkylation sites (tertiary alicyclic amines) is 1. The van der Waals surface area contributed by atoms with Crippen LogP contribution >= 0.6 is 13.5 Å². The summed E-state index contributed by atoms with van der Waals surface area (Å²) in [7, 11) is 4.32. The summed E-state index contributed by atoms with van der Waals surface area (Å²) in [5.41, 5.74) is 3.99. The van der Waals surface area contributed by atoms with E-state index in [-0.39, 0.29) is 20.1 Å². The first-order valence-electron chi connectivity index (χ1n) is 11.5. The van der Waals surface area contributed by atoms with Gasteiger partial charge in [0.1, 0.15) is 12.0 Å². The zero-order valence-corrected chi connectivity index (χ0v) is 21.5. The van der Waals surface area contributed by atoms with Crippen molar-refractivity contribution in [3.05, 3.63) is 66.6 Å². The number of carbonyl (C=O) groups excluding carboxylic acids is 1. The summed E-state index contributed by atoms with van der Waals surface area (Å²) in [5.74, 6) is 1.30. The molecule has 0 bridgehead atoms. The first kappa shape index (κ1) is 27.3. The standard InChI is InChI=1S/C24H26N6O.C2H4O2.H2S/c1-29(2)20-10-12-30(16-20)15-19-5-3-17-13-21(6-7-22(17)27-19)31-24-8-4-18(14-25-24)23-9-11-26-28-23;3-1-2-4;/h3-9,11,13-14,20H,10,12,15-16H2,1-2H3,(H,26,28);1,4H,2H2;1H2. The number of carbonyl (C=O) groups is 1. The smallest absolute Gasteiger partial charge is 0.219 e. The number of ether oxygens (including phenoxy) is 1. The molecule has 0 amide bonds. The number of benzene rings is 1. The van der Waals surface area contributed by atoms with Gasteiger partial charge in [-0.05, 0) is 56.9 Å². The third-order valence-corrected chi connectivity index (χ3v) is 5.93. The molecule has 4 heterocycles. The van der Waals surface area contributed by atoms with E-state index in [0.29, 0.717) is 18.2 Å². The molecule has 1 atom stereocenters. The minimum atomic E-state index is -0.361. The van der Waals surface area contributed by atoms with Crippen molar-refractivity contribution in [2.45, 2.75) is 19.0 Å². The third-order valence-electron chi connectivity index (χ3n) is 5.93. The summed E-state index contributed by atoms with van der Waals surface area (Å²) >= 11 is 0. The van der Waals surface area contributed by atoms with Crippen LogP contribution < -0.4 is 4.74 Å². The Labute approximate surface area is 217 Å². The predicted molar refractivity (Wildman–Crippen MR) is 145 cm³/mol. The van der Waals surface area contributed by atoms with Gasteiger partial charge in [-0.25, -0.2) is 4.98 Å². The number of hydrogen-bond donors (Lipinski definition) is 2. The maximum Gasteiger partial charge on any atom is 0.219 e. The minimum Gasteiger partial charge on any atom is -0.439 e. The van der Waals surface area contributed by atoms with Gasteiger partial charge in [-0.1, -0.05) is 6.07 Å². The molecule has 5 rings (SSSR count). The Morgan fingerprint density at radius 1 is 1.19 bits per heavy atom. The molecule has 0 aliphatic carbocycles. The van der Waals surface area contributed by atoms with Crippen LogP contribution in [0.2, 0.25) is 0 Å². The molecule has 9 nitrogen and oxygen atoms in total. The molecule has 1 aliphatic heterocycles. The average Bonchev–Trinajstić information content (AvgIpc) is 3.58. The number of aromatic nitrogens is 4. The van der Waals surface area contributed by atoms with Crippen LogP contribution in [0.25, 0.3) is 22.2 Å². The highest BCUT2D eigenvalue weighted by molar-refractivity contribution is 7.59. The summed E-state index contributed by atoms with van der Waals surface area (Å²) < 4.78 is 5.95. The van der Waals surface area contributed by atoms with Gasteiger partial charge in [-0.3, -0.25) is 15.0 Å². The Bertz CT molecular complexity index is 1230. The van der Waals surface area contributed by atoms with Gasteiger partial charge in [-0.15, -0.1) is 0 Å². The zero-order chi connectivity index (χ0) is 24.6. The van der Waals surface area contributed by atoms with Gasteiger partial charge in [0.05, 0.1) is 23.5 Å². The number of nitrogens with zero attached hydrogens (tertiary/aromatic N) is 5. The van der Waals surface area contributed by atoms with Crippen molar-refractivity contribution in [2.75, 3.05) is 33.8 Å². The van der Waals surface area contributed by atoms with Crippen molar-refractivity contribution in [3.8, 4) is 22.9 Å². The molecule has 1 saturated heterocycles. The highest BCUT2D eigenvalue weighted by Crippen LogP contribution is 2.26. The molecule has 4 aromatic rings. The van der Waals surface area contributed by atoms with E-state index in [9.17, 15) is 0 Å². The Kier molecular flexibility index (Phi) is 9.95. The SMILES string of the molecule is CN(C)C1CCN(Cc2ccc3cc(Oc4ccc(-c5ccn[nH]5)cn4)ccc3n2)C1.O=CCO.S. The lowest BCUT2D eigenvalue weighted by Gasteiger charge is -2.20. The molecule has 1 aromatic carbocycles. The van der Waals surface area contributed by atoms with E-state index in [1.54, 1.807) is 12.4 Å². The van der Waals surface area contributed by atoms with Gasteiger partial charge in [-0.2, -0.15) is 18.6 Å². The van der Waals surface area contributed by atoms with Gasteiger partial charge >= 0.3 is 0 Å². The maximum atomic E-state index is 8.92. The summed E-state index contributed by atoms with van der Waals surface area (Å²) in [6.45, 7) is 2.76. The quantitative estimate of drug-likeness (QED) is 0.367. The van der Waals surface area contributed by atoms with Crippen molar-refractivity contribution < 1.29 is 14.6 Å². The molecule has 0 saturated carbocycles. The van der Waals surface area contributed by atoms with E-state index in [0.717, 1.165) is 53.2 Å². The fourth-order valence-electron chi connectivity index (χ4n) is 4.04. The number of H-pyrrole nitrogens is 1. The fourth-order valence-corrected chi connectivity index (χ4v) is 4.04. The van der Waals surface area contributed by atoms with Crippen molar-refractivity contribution in [3.63, 3.8) is 0 Å². The molecule has 1 aliphatic rings. The highest BCUT2D eigenvalue weighted by atomic mass is 32.1. The summed E-state index contributed by atoms with van der Waals surface area (Å²) in [5, 5.41) is 15.5. The van der Waals surface area contributed by atoms with Crippen LogP contribution in [0.15, 0.2) is 60.9 Å². The lowest BCUT2D eigenvalue weighted by molar-refractivity contribution is -0.110. The van der Waals surface area contributed by atoms with Gasteiger partial charge in [0, 0.05) is 55.1 Å². The van der Waals surface area contributed by atoms with Crippen molar-refractivity contribution in [1.82, 2.24) is 30.0 Å². The largest absolute Gasteiger partial charge is 0.439 e. The van der Waals surface area contributed by atoms with Gasteiger partial charge in [0.2, 0.25) is 5.88 Å². The number of hydrogen-bond acceptors (Lipinski definition) is 8. The molecule has 10 heteroatoms. The third kappa shape index (κ3) is 7.11. The Balaban J connectivity index is 0.000000674. The second kappa shape index (κ2) is 13.1. The van der Waals surface area contributed by atoms with E-state index in [1.807, 2.05) is 36.4 Å². The summed E-state index contributed by atoms with van der Waals surface area (Å²) in [6.07, 6.45) is 5.15. The van der Waals surface area contributed by atoms with Gasteiger partial charge < -0.3 is 19.5 Å². The molecule has 3 aromatic heterocycles. The first-order valence-corrected chi connectivity index (χ1v) is 11.5. The number of nitrogens with one attached hydrogen (secondary N) is 1. The second-order valence-corrected chi connectivity index (χ2v) is 8.61. The maximum absolute atomic E-state index is 8.92. The van der Waals surface area contributed by atoms with Crippen molar-refractivity contribution in [2.24, 2.45) is 0 Å². The molecule has 1 unspecified atom stereocenters. The van der Waals surface area contributed by atoms with Crippen LogP contribution in [0.1, 0.15) is 12.1 Å². The van der Waals surface area contributed by atoms with Crippen LogP contribution in [0.4, 0.5) is 0 Å². The minimum absolute atomic E-state index is 0. The molecule has 2 N–H and O–H groups in total. The predicted octanol–water partition coefficient (Wildman–Crippen LogP) is 3.24. The average molecular weight is 509 g/mol. The topological polar surface area (TPSA) is 107 Å². The van der Waals surface area contributed by atoms with Crippen molar-refractivity contribution >= 4 is 30.7 Å². The van der Waals surface area contributed by atoms with E-state index < -0.39 is 0 Å². The summed E-state index contributed by atoms with van der Waals surface area (Å²) in [4.78, 5) is 23.0. The van der Waals surface area contributed by atoms with E-state index in [1.165, 1.54) is 6.42 Å². The first-order chi connectivity index (χ1) is 17.1. The number of aliphatic hydroxyl groups excluding tert-OH is 1. The number of likely N-dealkylation sites (N-methyl/N-ethyl adjacent to an activating group) is 1. The van der Waals surface area contributed by atoms with Crippen LogP contribution in [0, 0.1) is 0 Å². The molecule has 1 fully saturated rings. The van der Waals surface area contributed by atoms with Crippen LogP contribution in [-0.2, 0) is 11.3 Å². The Morgan fingerprint density at radius 3 is 2.67 bits per heavy atom. The molecule has 190 valence electrons. The second-order valence-electron chi connectivity index (χ2n) is 8.61. The zero-order valence-electron chi connectivity index (χ0n) is 20.5. The van der Waals surface area contributed by atoms with Crippen LogP contribution in [0.5, 0.6) is 11.6 Å². The van der Waals surface area contributed by atoms with Crippen LogP contribution in [0.3, 0.4) is 0 Å². The number of aromatic amines is 1. The van der Waals surface area contributed by atoms with E-state index in [2.05, 4.69) is 51.2 Å². The normalized spacial score (nSPS) is 15.3. The van der Waals surface area contributed by atoms with Gasteiger partial charge in [0.25, 0.3) is 0 Å². The van der Waals surface area contributed by atoms with Crippen molar-refractivity contribution in [1.29, 1.82) is 0 Å². The highest BCUT2D eigenvalue weighted by Gasteiger charge is 2.24. The monoisotopic (exact) mass is 508 g/mol. The summed E-state index contributed by atoms with van der Waals surface area (Å²) in [6, 6.07) is 16.6. The van der Waals surface area contributed by atoms with Gasteiger partial charge in [0.15, 0.2) is 0 Å². The fraction of sp³-hybridized carbons (Fsp3) is 0.308. The molecular formula is C26H32N6O3S. The lowest BCUT2D eigenvalue weighted by atomic mass is 10.2. The van der Waals surface area contributed by atoms with Crippen LogP contribution in [-0.4, -0.2) is 81.2 Å². The molecule has 0 radical (unpaired) electrons. The molecular weight excluding hydrogens is 476 g/mol. The van der Waals surface area contributed by atoms with E-state index >= 15 is 0 Å². The number of fused-ring (bicyclic) bond motifs is 1. The number of aldehydes is 1. The van der Waals surface area contributed by atoms with E-state index in [4.69, 9.17) is 19.6 Å². The number of aliphatic hydroxyl groups is 1. The Hall–Kier alpha value is -3.31. The molecule has 0 spiro atoms. The number of rotatable bonds is 7.